The lowest BCUT2D eigenvalue weighted by atomic mass is 10.3. The molecule has 0 atom stereocenters. The molecule has 104 valence electrons. The van der Waals surface area contributed by atoms with Crippen LogP contribution >= 0.6 is 15.9 Å². The second-order valence-corrected chi connectivity index (χ2v) is 4.85. The third kappa shape index (κ3) is 2.83. The summed E-state index contributed by atoms with van der Waals surface area (Å²) in [7, 11) is 0. The van der Waals surface area contributed by atoms with Crippen molar-refractivity contribution in [3.8, 4) is 0 Å². The van der Waals surface area contributed by atoms with E-state index in [0.29, 0.717) is 6.54 Å². The van der Waals surface area contributed by atoms with Gasteiger partial charge in [0.15, 0.2) is 5.69 Å². The van der Waals surface area contributed by atoms with Crippen LogP contribution in [-0.4, -0.2) is 19.6 Å². The summed E-state index contributed by atoms with van der Waals surface area (Å²) >= 11 is 3.40. The van der Waals surface area contributed by atoms with E-state index in [-0.39, 0.29) is 6.54 Å². The van der Waals surface area contributed by atoms with Gasteiger partial charge in [0.2, 0.25) is 0 Å². The lowest BCUT2D eigenvalue weighted by Gasteiger charge is -2.06. The number of hydrogen-bond acceptors (Lipinski definition) is 2. The van der Waals surface area contributed by atoms with Crippen LogP contribution in [0.1, 0.15) is 24.0 Å². The molecule has 0 aliphatic rings. The van der Waals surface area contributed by atoms with Gasteiger partial charge in [-0.2, -0.15) is 23.4 Å². The summed E-state index contributed by atoms with van der Waals surface area (Å²) in [4.78, 5) is 0. The second-order valence-electron chi connectivity index (χ2n) is 4.06. The maximum atomic E-state index is 12.5. The predicted molar refractivity (Wildman–Crippen MR) is 66.7 cm³/mol. The molecule has 0 aliphatic carbocycles. The van der Waals surface area contributed by atoms with E-state index in [0.717, 1.165) is 21.9 Å². The van der Waals surface area contributed by atoms with E-state index in [4.69, 9.17) is 0 Å². The molecule has 2 heterocycles. The third-order valence-corrected chi connectivity index (χ3v) is 3.73. The zero-order chi connectivity index (χ0) is 14.2. The van der Waals surface area contributed by atoms with Gasteiger partial charge in [-0.05, 0) is 35.8 Å². The Bertz CT molecular complexity index is 585. The fourth-order valence-electron chi connectivity index (χ4n) is 1.77. The van der Waals surface area contributed by atoms with Crippen molar-refractivity contribution in [1.29, 1.82) is 0 Å². The number of aromatic nitrogens is 4. The Morgan fingerprint density at radius 1 is 1.32 bits per heavy atom. The highest BCUT2D eigenvalue weighted by molar-refractivity contribution is 9.10. The molecule has 2 aromatic rings. The van der Waals surface area contributed by atoms with Crippen LogP contribution in [0.25, 0.3) is 0 Å². The summed E-state index contributed by atoms with van der Waals surface area (Å²) < 4.78 is 41.2. The lowest BCUT2D eigenvalue weighted by Crippen LogP contribution is -2.11. The van der Waals surface area contributed by atoms with Crippen LogP contribution in [0.15, 0.2) is 16.7 Å². The summed E-state index contributed by atoms with van der Waals surface area (Å²) in [6.45, 7) is 4.65. The zero-order valence-electron chi connectivity index (χ0n) is 10.4. The van der Waals surface area contributed by atoms with E-state index in [9.17, 15) is 13.2 Å². The Morgan fingerprint density at radius 3 is 2.53 bits per heavy atom. The first kappa shape index (κ1) is 14.1. The molecule has 0 amide bonds. The number of halogens is 4. The molecular formula is C11H12BrF3N4. The van der Waals surface area contributed by atoms with Gasteiger partial charge in [0.05, 0.1) is 22.4 Å². The summed E-state index contributed by atoms with van der Waals surface area (Å²) in [5.74, 6) is 0. The SMILES string of the molecule is CCn1nc(C)c(Br)c1Cn1ccc(C(F)(F)F)n1. The maximum Gasteiger partial charge on any atom is 0.435 e. The minimum absolute atomic E-state index is 0.241. The Morgan fingerprint density at radius 2 is 2.00 bits per heavy atom. The second kappa shape index (κ2) is 4.99. The molecule has 0 aromatic carbocycles. The highest BCUT2D eigenvalue weighted by Gasteiger charge is 2.33. The van der Waals surface area contributed by atoms with E-state index in [1.54, 1.807) is 4.68 Å². The van der Waals surface area contributed by atoms with Gasteiger partial charge in [-0.25, -0.2) is 0 Å². The number of rotatable bonds is 3. The average molecular weight is 337 g/mol. The van der Waals surface area contributed by atoms with Crippen molar-refractivity contribution < 1.29 is 13.2 Å². The van der Waals surface area contributed by atoms with Crippen molar-refractivity contribution in [2.24, 2.45) is 0 Å². The number of alkyl halides is 3. The molecule has 8 heteroatoms. The van der Waals surface area contributed by atoms with Crippen LogP contribution in [0.3, 0.4) is 0 Å². The van der Waals surface area contributed by atoms with Crippen LogP contribution in [0.2, 0.25) is 0 Å². The van der Waals surface area contributed by atoms with Gasteiger partial charge in [-0.1, -0.05) is 0 Å². The van der Waals surface area contributed by atoms with Gasteiger partial charge in [0, 0.05) is 12.7 Å². The van der Waals surface area contributed by atoms with Crippen molar-refractivity contribution in [2.45, 2.75) is 33.1 Å². The molecule has 0 saturated heterocycles. The number of hydrogen-bond donors (Lipinski definition) is 0. The fraction of sp³-hybridized carbons (Fsp3) is 0.455. The molecule has 0 spiro atoms. The van der Waals surface area contributed by atoms with Crippen LogP contribution in [0.4, 0.5) is 13.2 Å². The van der Waals surface area contributed by atoms with Crippen LogP contribution in [-0.2, 0) is 19.3 Å². The first-order valence-electron chi connectivity index (χ1n) is 5.65. The predicted octanol–water partition coefficient (Wildman–Crippen LogP) is 3.24. The molecule has 0 unspecified atom stereocenters. The summed E-state index contributed by atoms with van der Waals surface area (Å²) in [5.41, 5.74) is 0.722. The summed E-state index contributed by atoms with van der Waals surface area (Å²) in [5, 5.41) is 7.82. The van der Waals surface area contributed by atoms with Gasteiger partial charge >= 0.3 is 6.18 Å². The average Bonchev–Trinajstić information content (AvgIpc) is 2.89. The number of aryl methyl sites for hydroxylation is 2. The third-order valence-electron chi connectivity index (χ3n) is 2.70. The minimum atomic E-state index is -4.41. The molecule has 0 N–H and O–H groups in total. The van der Waals surface area contributed by atoms with E-state index in [1.807, 2.05) is 13.8 Å². The number of nitrogens with zero attached hydrogens (tertiary/aromatic N) is 4. The van der Waals surface area contributed by atoms with Crippen molar-refractivity contribution >= 4 is 15.9 Å². The van der Waals surface area contributed by atoms with Gasteiger partial charge in [0.25, 0.3) is 0 Å². The van der Waals surface area contributed by atoms with E-state index < -0.39 is 11.9 Å². The van der Waals surface area contributed by atoms with Gasteiger partial charge in [-0.3, -0.25) is 9.36 Å². The molecule has 0 radical (unpaired) electrons. The molecular weight excluding hydrogens is 325 g/mol. The first-order valence-corrected chi connectivity index (χ1v) is 6.44. The normalized spacial score (nSPS) is 12.1. The fourth-order valence-corrected chi connectivity index (χ4v) is 2.18. The Balaban J connectivity index is 2.29. The van der Waals surface area contributed by atoms with Crippen molar-refractivity contribution in [1.82, 2.24) is 19.6 Å². The lowest BCUT2D eigenvalue weighted by molar-refractivity contribution is -0.141. The van der Waals surface area contributed by atoms with Crippen molar-refractivity contribution in [3.05, 3.63) is 33.8 Å². The molecule has 4 nitrogen and oxygen atoms in total. The molecule has 2 rings (SSSR count). The monoisotopic (exact) mass is 336 g/mol. The zero-order valence-corrected chi connectivity index (χ0v) is 12.0. The topological polar surface area (TPSA) is 35.6 Å². The van der Waals surface area contributed by atoms with Gasteiger partial charge < -0.3 is 0 Å². The quantitative estimate of drug-likeness (QED) is 0.862. The smallest absolute Gasteiger partial charge is 0.267 e. The van der Waals surface area contributed by atoms with Gasteiger partial charge in [-0.15, -0.1) is 0 Å². The summed E-state index contributed by atoms with van der Waals surface area (Å²) in [6, 6.07) is 0.966. The van der Waals surface area contributed by atoms with Crippen LogP contribution in [0.5, 0.6) is 0 Å². The largest absolute Gasteiger partial charge is 0.435 e. The van der Waals surface area contributed by atoms with Crippen molar-refractivity contribution in [2.75, 3.05) is 0 Å². The molecule has 0 saturated carbocycles. The highest BCUT2D eigenvalue weighted by atomic mass is 79.9. The molecule has 19 heavy (non-hydrogen) atoms. The molecule has 0 aliphatic heterocycles. The molecule has 2 aromatic heterocycles. The Hall–Kier alpha value is -1.31. The van der Waals surface area contributed by atoms with Crippen LogP contribution < -0.4 is 0 Å². The highest BCUT2D eigenvalue weighted by Crippen LogP contribution is 2.28. The molecule has 0 bridgehead atoms. The molecule has 0 fully saturated rings. The Labute approximate surface area is 116 Å². The Kier molecular flexibility index (Phi) is 3.71. The maximum absolute atomic E-state index is 12.5. The van der Waals surface area contributed by atoms with Gasteiger partial charge in [0.1, 0.15) is 0 Å². The van der Waals surface area contributed by atoms with Crippen LogP contribution in [0, 0.1) is 6.92 Å². The van der Waals surface area contributed by atoms with Crippen molar-refractivity contribution in [3.63, 3.8) is 0 Å². The standard InChI is InChI=1S/C11H12BrF3N4/c1-3-19-8(10(12)7(2)16-19)6-18-5-4-9(17-18)11(13,14)15/h4-5H,3,6H2,1-2H3. The van der Waals surface area contributed by atoms with E-state index in [1.165, 1.54) is 10.9 Å². The first-order chi connectivity index (χ1) is 8.82. The minimum Gasteiger partial charge on any atom is -0.267 e. The summed E-state index contributed by atoms with van der Waals surface area (Å²) in [6.07, 6.45) is -3.10. The van der Waals surface area contributed by atoms with E-state index >= 15 is 0 Å². The van der Waals surface area contributed by atoms with E-state index in [2.05, 4.69) is 26.1 Å².